The Kier molecular flexibility index (Phi) is 7.49. The van der Waals surface area contributed by atoms with Crippen molar-refractivity contribution < 1.29 is 23.9 Å². The van der Waals surface area contributed by atoms with Crippen LogP contribution >= 0.6 is 0 Å². The number of nitrogens with one attached hydrogen (secondary N) is 1. The highest BCUT2D eigenvalue weighted by Crippen LogP contribution is 2.40. The van der Waals surface area contributed by atoms with E-state index in [2.05, 4.69) is 5.32 Å². The van der Waals surface area contributed by atoms with E-state index >= 15 is 0 Å². The van der Waals surface area contributed by atoms with E-state index in [-0.39, 0.29) is 23.9 Å². The van der Waals surface area contributed by atoms with E-state index < -0.39 is 23.3 Å². The quantitative estimate of drug-likeness (QED) is 0.692. The predicted octanol–water partition coefficient (Wildman–Crippen LogP) is 3.15. The molecule has 6 heteroatoms. The van der Waals surface area contributed by atoms with Crippen molar-refractivity contribution in [2.45, 2.75) is 58.4 Å². The maximum atomic E-state index is 12.7. The molecule has 0 saturated heterocycles. The van der Waals surface area contributed by atoms with E-state index in [1.165, 1.54) is 7.11 Å². The van der Waals surface area contributed by atoms with E-state index in [0.29, 0.717) is 37.7 Å². The number of rotatable bonds is 8. The van der Waals surface area contributed by atoms with Crippen molar-refractivity contribution in [2.24, 2.45) is 11.3 Å². The van der Waals surface area contributed by atoms with E-state index in [1.54, 1.807) is 31.2 Å². The van der Waals surface area contributed by atoms with Gasteiger partial charge in [0, 0.05) is 24.2 Å². The molecule has 0 radical (unpaired) electrons. The Morgan fingerprint density at radius 2 is 1.93 bits per heavy atom. The maximum absolute atomic E-state index is 12.7. The van der Waals surface area contributed by atoms with Crippen molar-refractivity contribution in [3.8, 4) is 0 Å². The number of esters is 1. The van der Waals surface area contributed by atoms with E-state index in [9.17, 15) is 19.2 Å². The lowest BCUT2D eigenvalue weighted by Gasteiger charge is -2.35. The van der Waals surface area contributed by atoms with Gasteiger partial charge in [-0.2, -0.15) is 0 Å². The molecule has 3 atom stereocenters. The number of methoxy groups -OCH3 is 1. The molecule has 1 fully saturated rings. The number of hydrogen-bond donors (Lipinski definition) is 1. The van der Waals surface area contributed by atoms with Gasteiger partial charge in [-0.15, -0.1) is 0 Å². The van der Waals surface area contributed by atoms with Gasteiger partial charge in [0.05, 0.1) is 7.11 Å². The molecule has 2 rings (SSSR count). The number of carbonyl (C=O) groups is 4. The maximum Gasteiger partial charge on any atom is 0.333 e. The van der Waals surface area contributed by atoms with E-state index in [1.807, 2.05) is 13.0 Å². The number of Topliss-reactive ketones (excluding diaryl/α,β-unsaturated/α-hetero) is 2. The molecule has 0 heterocycles. The van der Waals surface area contributed by atoms with Crippen LogP contribution in [0.4, 0.5) is 0 Å². The molecule has 1 N–H and O–H groups in total. The fourth-order valence-electron chi connectivity index (χ4n) is 3.72. The fourth-order valence-corrected chi connectivity index (χ4v) is 3.72. The zero-order valence-corrected chi connectivity index (χ0v) is 16.8. The van der Waals surface area contributed by atoms with Crippen LogP contribution in [0.3, 0.4) is 0 Å². The SMILES string of the molecule is COC(=O)[C@H](NC(=O)[C@@H]1CC[C@@](C)(CCCC(C)=O)C(=O)C1)c1ccccc1. The van der Waals surface area contributed by atoms with Gasteiger partial charge >= 0.3 is 5.97 Å². The largest absolute Gasteiger partial charge is 0.467 e. The van der Waals surface area contributed by atoms with Crippen LogP contribution in [0.2, 0.25) is 0 Å². The number of amides is 1. The molecule has 1 aromatic rings. The van der Waals surface area contributed by atoms with Crippen LogP contribution in [-0.2, 0) is 23.9 Å². The molecular weight excluding hydrogens is 358 g/mol. The standard InChI is InChI=1S/C22H29NO5/c1-15(24)8-7-12-22(2)13-11-17(14-18(22)25)20(26)23-19(21(27)28-3)16-9-5-4-6-10-16/h4-6,9-10,17,19H,7-8,11-14H2,1-3H3,(H,23,26)/t17-,19-,22-/m1/s1. The Balaban J connectivity index is 2.00. The summed E-state index contributed by atoms with van der Waals surface area (Å²) in [6, 6.07) is 8.01. The first kappa shape index (κ1) is 21.8. The minimum atomic E-state index is -0.891. The Morgan fingerprint density at radius 3 is 2.50 bits per heavy atom. The van der Waals surface area contributed by atoms with Gasteiger partial charge in [0.15, 0.2) is 6.04 Å². The summed E-state index contributed by atoms with van der Waals surface area (Å²) in [6.07, 6.45) is 3.17. The van der Waals surface area contributed by atoms with Gasteiger partial charge in [-0.1, -0.05) is 37.3 Å². The molecule has 1 amide bonds. The average molecular weight is 387 g/mol. The third-order valence-electron chi connectivity index (χ3n) is 5.63. The highest BCUT2D eigenvalue weighted by Gasteiger charge is 2.41. The van der Waals surface area contributed by atoms with Crippen molar-refractivity contribution in [3.05, 3.63) is 35.9 Å². The monoisotopic (exact) mass is 387 g/mol. The molecular formula is C22H29NO5. The van der Waals surface area contributed by atoms with Crippen LogP contribution < -0.4 is 5.32 Å². The molecule has 1 saturated carbocycles. The van der Waals surface area contributed by atoms with E-state index in [4.69, 9.17) is 4.74 Å². The van der Waals surface area contributed by atoms with Crippen LogP contribution in [0.5, 0.6) is 0 Å². The molecule has 1 aliphatic rings. The van der Waals surface area contributed by atoms with Crippen LogP contribution in [-0.4, -0.2) is 30.6 Å². The van der Waals surface area contributed by atoms with Gasteiger partial charge in [-0.25, -0.2) is 4.79 Å². The number of ketones is 2. The van der Waals surface area contributed by atoms with Crippen molar-refractivity contribution in [2.75, 3.05) is 7.11 Å². The third-order valence-corrected chi connectivity index (χ3v) is 5.63. The van der Waals surface area contributed by atoms with Gasteiger partial charge in [0.2, 0.25) is 5.91 Å². The summed E-state index contributed by atoms with van der Waals surface area (Å²) in [5.74, 6) is -1.13. The first-order chi connectivity index (χ1) is 13.3. The number of carbonyl (C=O) groups excluding carboxylic acids is 4. The Bertz CT molecular complexity index is 730. The zero-order valence-electron chi connectivity index (χ0n) is 16.8. The molecule has 0 aromatic heterocycles. The molecule has 152 valence electrons. The van der Waals surface area contributed by atoms with Crippen molar-refractivity contribution in [1.82, 2.24) is 5.32 Å². The number of benzene rings is 1. The summed E-state index contributed by atoms with van der Waals surface area (Å²) in [4.78, 5) is 48.7. The number of ether oxygens (including phenoxy) is 1. The van der Waals surface area contributed by atoms with Gasteiger partial charge in [-0.05, 0) is 38.2 Å². The highest BCUT2D eigenvalue weighted by atomic mass is 16.5. The smallest absolute Gasteiger partial charge is 0.333 e. The summed E-state index contributed by atoms with van der Waals surface area (Å²) in [7, 11) is 1.28. The molecule has 1 aromatic carbocycles. The third kappa shape index (κ3) is 5.50. The summed E-state index contributed by atoms with van der Waals surface area (Å²) in [6.45, 7) is 3.47. The Labute approximate surface area is 166 Å². The molecule has 28 heavy (non-hydrogen) atoms. The first-order valence-corrected chi connectivity index (χ1v) is 9.72. The minimum absolute atomic E-state index is 0.0526. The normalized spacial score (nSPS) is 23.0. The second-order valence-corrected chi connectivity index (χ2v) is 7.85. The molecule has 0 spiro atoms. The summed E-state index contributed by atoms with van der Waals surface area (Å²) in [5, 5.41) is 2.75. The summed E-state index contributed by atoms with van der Waals surface area (Å²) >= 11 is 0. The van der Waals surface area contributed by atoms with Gasteiger partial charge in [-0.3, -0.25) is 9.59 Å². The van der Waals surface area contributed by atoms with Gasteiger partial charge in [0.25, 0.3) is 0 Å². The van der Waals surface area contributed by atoms with Crippen molar-refractivity contribution in [3.63, 3.8) is 0 Å². The van der Waals surface area contributed by atoms with Crippen LogP contribution in [0.15, 0.2) is 30.3 Å². The van der Waals surface area contributed by atoms with Gasteiger partial charge < -0.3 is 14.8 Å². The van der Waals surface area contributed by atoms with Crippen molar-refractivity contribution >= 4 is 23.4 Å². The lowest BCUT2D eigenvalue weighted by molar-refractivity contribution is -0.146. The fraction of sp³-hybridized carbons (Fsp3) is 0.545. The summed E-state index contributed by atoms with van der Waals surface area (Å²) in [5.41, 5.74) is 0.159. The average Bonchev–Trinajstić information content (AvgIpc) is 2.68. The van der Waals surface area contributed by atoms with Crippen molar-refractivity contribution in [1.29, 1.82) is 0 Å². The topological polar surface area (TPSA) is 89.5 Å². The van der Waals surface area contributed by atoms with E-state index in [0.717, 1.165) is 0 Å². The molecule has 0 bridgehead atoms. The molecule has 6 nitrogen and oxygen atoms in total. The molecule has 0 aliphatic heterocycles. The second kappa shape index (κ2) is 9.62. The van der Waals surface area contributed by atoms with Crippen LogP contribution in [0.1, 0.15) is 64.0 Å². The van der Waals surface area contributed by atoms with Crippen LogP contribution in [0.25, 0.3) is 0 Å². The molecule has 0 unspecified atom stereocenters. The molecule has 1 aliphatic carbocycles. The first-order valence-electron chi connectivity index (χ1n) is 9.72. The summed E-state index contributed by atoms with van der Waals surface area (Å²) < 4.78 is 4.82. The lowest BCUT2D eigenvalue weighted by atomic mass is 9.68. The highest BCUT2D eigenvalue weighted by molar-refractivity contribution is 5.93. The predicted molar refractivity (Wildman–Crippen MR) is 104 cm³/mol. The Hall–Kier alpha value is -2.50. The van der Waals surface area contributed by atoms with Crippen LogP contribution in [0, 0.1) is 11.3 Å². The Morgan fingerprint density at radius 1 is 1.25 bits per heavy atom. The number of hydrogen-bond acceptors (Lipinski definition) is 5. The zero-order chi connectivity index (χ0) is 20.7. The second-order valence-electron chi connectivity index (χ2n) is 7.85. The lowest BCUT2D eigenvalue weighted by Crippen LogP contribution is -2.43. The minimum Gasteiger partial charge on any atom is -0.467 e. The van der Waals surface area contributed by atoms with Gasteiger partial charge in [0.1, 0.15) is 11.6 Å².